The highest BCUT2D eigenvalue weighted by Gasteiger charge is 2.34. The number of nitrogens with zero attached hydrogens (tertiary/aromatic N) is 5. The maximum absolute atomic E-state index is 14.4. The van der Waals surface area contributed by atoms with Crippen LogP contribution >= 0.6 is 0 Å². The predicted molar refractivity (Wildman–Crippen MR) is 166 cm³/mol. The maximum Gasteiger partial charge on any atom is 0.249 e. The Hall–Kier alpha value is -4.61. The van der Waals surface area contributed by atoms with E-state index in [0.29, 0.717) is 54.2 Å². The molecule has 11 nitrogen and oxygen atoms in total. The summed E-state index contributed by atoms with van der Waals surface area (Å²) >= 11 is 0. The number of hydrogen-bond acceptors (Lipinski definition) is 8. The lowest BCUT2D eigenvalue weighted by Crippen LogP contribution is -2.46. The molecule has 6 rings (SSSR count). The number of morpholine rings is 1. The first-order chi connectivity index (χ1) is 21.5. The molecule has 4 aromatic rings. The Morgan fingerprint density at radius 3 is 2.55 bits per heavy atom. The second-order valence-electron chi connectivity index (χ2n) is 11.1. The molecule has 0 aliphatic carbocycles. The number of fused-ring (bicyclic) bond motifs is 1. The molecule has 1 N–H and O–H groups in total. The minimum Gasteiger partial charge on any atom is -0.378 e. The van der Waals surface area contributed by atoms with Gasteiger partial charge in [0.1, 0.15) is 18.1 Å². The fraction of sp³-hybridized carbons (Fsp3) is 0.364. The van der Waals surface area contributed by atoms with Crippen LogP contribution in [0.5, 0.6) is 0 Å². The molecule has 44 heavy (non-hydrogen) atoms. The van der Waals surface area contributed by atoms with Crippen LogP contribution in [0, 0.1) is 0 Å². The normalized spacial score (nSPS) is 17.4. The minimum atomic E-state index is -1.03. The van der Waals surface area contributed by atoms with Gasteiger partial charge < -0.3 is 19.7 Å². The summed E-state index contributed by atoms with van der Waals surface area (Å²) in [7, 11) is 0. The van der Waals surface area contributed by atoms with Crippen LogP contribution in [0.1, 0.15) is 41.7 Å². The average Bonchev–Trinajstić information content (AvgIpc) is 3.73. The Labute approximate surface area is 255 Å². The first-order valence-corrected chi connectivity index (χ1v) is 15.0. The number of ether oxygens (including phenoxy) is 2. The van der Waals surface area contributed by atoms with Crippen molar-refractivity contribution in [2.24, 2.45) is 0 Å². The van der Waals surface area contributed by atoms with Gasteiger partial charge in [0.05, 0.1) is 24.8 Å². The molecule has 1 aromatic heterocycles. The van der Waals surface area contributed by atoms with Gasteiger partial charge in [-0.1, -0.05) is 41.6 Å². The van der Waals surface area contributed by atoms with Crippen LogP contribution in [0.4, 0.5) is 11.4 Å². The van der Waals surface area contributed by atoms with Crippen molar-refractivity contribution in [2.75, 3.05) is 49.3 Å². The van der Waals surface area contributed by atoms with E-state index in [9.17, 15) is 14.4 Å². The van der Waals surface area contributed by atoms with Gasteiger partial charge in [0.2, 0.25) is 11.8 Å². The van der Waals surface area contributed by atoms with Crippen molar-refractivity contribution in [1.82, 2.24) is 20.3 Å². The number of carbonyl (C=O) groups is 3. The predicted octanol–water partition coefficient (Wildman–Crippen LogP) is 3.54. The number of nitrogens with one attached hydrogen (secondary N) is 1. The molecule has 2 saturated heterocycles. The third kappa shape index (κ3) is 6.48. The van der Waals surface area contributed by atoms with Crippen molar-refractivity contribution < 1.29 is 23.9 Å². The lowest BCUT2D eigenvalue weighted by Gasteiger charge is -2.33. The van der Waals surface area contributed by atoms with Gasteiger partial charge in [0, 0.05) is 43.2 Å². The van der Waals surface area contributed by atoms with E-state index in [1.54, 1.807) is 24.3 Å². The summed E-state index contributed by atoms with van der Waals surface area (Å²) in [5.41, 5.74) is 3.88. The van der Waals surface area contributed by atoms with Crippen LogP contribution in [0.25, 0.3) is 11.0 Å². The lowest BCUT2D eigenvalue weighted by atomic mass is 10.0. The van der Waals surface area contributed by atoms with E-state index >= 15 is 0 Å². The number of benzene rings is 3. The number of Topliss-reactive ketones (excluding diaryl/α,β-unsaturated/α-hetero) is 1. The lowest BCUT2D eigenvalue weighted by molar-refractivity contribution is -0.127. The first-order valence-electron chi connectivity index (χ1n) is 15.0. The number of carbonyl (C=O) groups excluding carboxylic acids is 3. The zero-order valence-corrected chi connectivity index (χ0v) is 24.7. The average molecular weight is 597 g/mol. The van der Waals surface area contributed by atoms with E-state index in [1.807, 2.05) is 48.5 Å². The highest BCUT2D eigenvalue weighted by Crippen LogP contribution is 2.31. The van der Waals surface area contributed by atoms with Gasteiger partial charge in [-0.15, -0.1) is 5.10 Å². The fourth-order valence-electron chi connectivity index (χ4n) is 5.77. The number of aromatic nitrogens is 3. The van der Waals surface area contributed by atoms with Crippen LogP contribution in [0.2, 0.25) is 0 Å². The molecule has 11 heteroatoms. The molecule has 0 saturated carbocycles. The number of para-hydroxylation sites is 1. The Balaban J connectivity index is 1.39. The minimum absolute atomic E-state index is 0.0741. The number of amides is 2. The van der Waals surface area contributed by atoms with E-state index in [-0.39, 0.29) is 30.2 Å². The molecule has 2 aliphatic rings. The smallest absolute Gasteiger partial charge is 0.249 e. The van der Waals surface area contributed by atoms with Crippen molar-refractivity contribution in [3.63, 3.8) is 0 Å². The fourth-order valence-corrected chi connectivity index (χ4v) is 5.77. The zero-order valence-electron chi connectivity index (χ0n) is 24.7. The van der Waals surface area contributed by atoms with E-state index in [2.05, 4.69) is 20.5 Å². The molecular formula is C33H36N6O5. The SMILES string of the molecule is CC(=O)c1cccc(N(C(=O)Cn2nnc3ccccc32)[C@@H](C(=O)NC[C@H]2CCCO2)c2ccc(N3CCOCC3)cc2)c1. The Morgan fingerprint density at radius 1 is 1.00 bits per heavy atom. The summed E-state index contributed by atoms with van der Waals surface area (Å²) in [5, 5.41) is 11.5. The summed E-state index contributed by atoms with van der Waals surface area (Å²) in [5.74, 6) is -0.865. The van der Waals surface area contributed by atoms with Crippen LogP contribution < -0.4 is 15.1 Å². The highest BCUT2D eigenvalue weighted by molar-refractivity contribution is 6.03. The second kappa shape index (κ2) is 13.4. The molecular weight excluding hydrogens is 560 g/mol. The number of anilines is 2. The summed E-state index contributed by atoms with van der Waals surface area (Å²) in [4.78, 5) is 44.6. The molecule has 2 atom stereocenters. The summed E-state index contributed by atoms with van der Waals surface area (Å²) in [6.45, 7) is 5.18. The van der Waals surface area contributed by atoms with E-state index < -0.39 is 6.04 Å². The summed E-state index contributed by atoms with van der Waals surface area (Å²) in [6, 6.07) is 20.9. The van der Waals surface area contributed by atoms with Crippen molar-refractivity contribution >= 4 is 40.0 Å². The number of ketones is 1. The van der Waals surface area contributed by atoms with Crippen molar-refractivity contribution in [3.8, 4) is 0 Å². The van der Waals surface area contributed by atoms with E-state index in [0.717, 1.165) is 31.6 Å². The van der Waals surface area contributed by atoms with Gasteiger partial charge in [0.15, 0.2) is 5.78 Å². The van der Waals surface area contributed by atoms with Gasteiger partial charge in [0.25, 0.3) is 0 Å². The van der Waals surface area contributed by atoms with Crippen molar-refractivity contribution in [2.45, 2.75) is 38.5 Å². The Kier molecular flexibility index (Phi) is 8.94. The quantitative estimate of drug-likeness (QED) is 0.276. The first kappa shape index (κ1) is 29.5. The van der Waals surface area contributed by atoms with Crippen LogP contribution in [-0.4, -0.2) is 78.2 Å². The molecule has 0 radical (unpaired) electrons. The van der Waals surface area contributed by atoms with E-state index in [1.165, 1.54) is 16.5 Å². The zero-order chi connectivity index (χ0) is 30.5. The molecule has 2 amide bonds. The largest absolute Gasteiger partial charge is 0.378 e. The van der Waals surface area contributed by atoms with Crippen molar-refractivity contribution in [1.29, 1.82) is 0 Å². The monoisotopic (exact) mass is 596 g/mol. The van der Waals surface area contributed by atoms with Crippen LogP contribution in [0.15, 0.2) is 72.8 Å². The topological polar surface area (TPSA) is 119 Å². The highest BCUT2D eigenvalue weighted by atomic mass is 16.5. The third-order valence-corrected chi connectivity index (χ3v) is 8.12. The molecule has 228 valence electrons. The number of rotatable bonds is 10. The van der Waals surface area contributed by atoms with Gasteiger partial charge in [-0.25, -0.2) is 4.68 Å². The summed E-state index contributed by atoms with van der Waals surface area (Å²) in [6.07, 6.45) is 1.73. The van der Waals surface area contributed by atoms with Gasteiger partial charge in [-0.2, -0.15) is 0 Å². The third-order valence-electron chi connectivity index (χ3n) is 8.12. The maximum atomic E-state index is 14.4. The van der Waals surface area contributed by atoms with Crippen LogP contribution in [-0.2, 0) is 25.6 Å². The van der Waals surface area contributed by atoms with Crippen molar-refractivity contribution in [3.05, 3.63) is 83.9 Å². The van der Waals surface area contributed by atoms with Gasteiger partial charge in [-0.3, -0.25) is 19.3 Å². The second-order valence-corrected chi connectivity index (χ2v) is 11.1. The molecule has 0 spiro atoms. The summed E-state index contributed by atoms with van der Waals surface area (Å²) < 4.78 is 12.8. The molecule has 0 unspecified atom stereocenters. The number of hydrogen-bond donors (Lipinski definition) is 1. The van der Waals surface area contributed by atoms with Crippen LogP contribution in [0.3, 0.4) is 0 Å². The standard InChI is InChI=1S/C33H36N6O5/c1-23(40)25-6-4-7-27(20-25)39(31(41)22-38-30-10-3-2-9-29(30)35-36-38)32(33(42)34-21-28-8-5-17-44-28)24-11-13-26(14-12-24)37-15-18-43-19-16-37/h2-4,6-7,9-14,20,28,32H,5,8,15-19,21-22H2,1H3,(H,34,42)/t28-,32-/m1/s1. The Bertz CT molecular complexity index is 1630. The Morgan fingerprint density at radius 2 is 1.80 bits per heavy atom. The van der Waals surface area contributed by atoms with Gasteiger partial charge >= 0.3 is 0 Å². The molecule has 2 fully saturated rings. The molecule has 3 aromatic carbocycles. The van der Waals surface area contributed by atoms with Gasteiger partial charge in [-0.05, 0) is 61.7 Å². The molecule has 2 aliphatic heterocycles. The molecule has 3 heterocycles. The molecule has 0 bridgehead atoms. The van der Waals surface area contributed by atoms with E-state index in [4.69, 9.17) is 9.47 Å².